The van der Waals surface area contributed by atoms with E-state index < -0.39 is 6.04 Å². The largest absolute Gasteiger partial charge is 0.295 e. The van der Waals surface area contributed by atoms with Gasteiger partial charge in [-0.1, -0.05) is 30.0 Å². The van der Waals surface area contributed by atoms with Crippen molar-refractivity contribution in [1.82, 2.24) is 10.2 Å². The number of benzene rings is 1. The number of nitrogens with zero attached hydrogens (tertiary/aromatic N) is 1. The van der Waals surface area contributed by atoms with Gasteiger partial charge in [0.15, 0.2) is 0 Å². The van der Waals surface area contributed by atoms with Gasteiger partial charge in [0, 0.05) is 12.6 Å². The van der Waals surface area contributed by atoms with Crippen molar-refractivity contribution < 1.29 is 9.59 Å². The maximum Gasteiger partial charge on any atom is 0.246 e. The lowest BCUT2D eigenvalue weighted by molar-refractivity contribution is -0.137. The molecule has 1 aromatic carbocycles. The van der Waals surface area contributed by atoms with Crippen LogP contribution in [-0.4, -0.2) is 36.3 Å². The van der Waals surface area contributed by atoms with Gasteiger partial charge in [0.25, 0.3) is 0 Å². The third kappa shape index (κ3) is 2.76. The topological polar surface area (TPSA) is 49.4 Å². The predicted molar refractivity (Wildman–Crippen MR) is 67.5 cm³/mol. The third-order valence-electron chi connectivity index (χ3n) is 2.82. The Balaban J connectivity index is 1.85. The van der Waals surface area contributed by atoms with Crippen LogP contribution in [0.4, 0.5) is 0 Å². The molecule has 1 saturated heterocycles. The van der Waals surface area contributed by atoms with E-state index in [9.17, 15) is 9.59 Å². The minimum atomic E-state index is -0.424. The highest BCUT2D eigenvalue weighted by molar-refractivity contribution is 6.05. The van der Waals surface area contributed by atoms with E-state index >= 15 is 0 Å². The molecule has 18 heavy (non-hydrogen) atoms. The van der Waals surface area contributed by atoms with E-state index in [-0.39, 0.29) is 18.2 Å². The van der Waals surface area contributed by atoms with Crippen LogP contribution < -0.4 is 5.32 Å². The van der Waals surface area contributed by atoms with E-state index in [0.717, 1.165) is 10.5 Å². The van der Waals surface area contributed by atoms with Crippen molar-refractivity contribution in [3.05, 3.63) is 35.9 Å². The zero-order chi connectivity index (χ0) is 13.0. The molecular weight excluding hydrogens is 228 g/mol. The summed E-state index contributed by atoms with van der Waals surface area (Å²) in [6.45, 7) is 0.395. The van der Waals surface area contributed by atoms with Crippen molar-refractivity contribution >= 4 is 11.8 Å². The number of imide groups is 1. The Hall–Kier alpha value is -2.12. The zero-order valence-corrected chi connectivity index (χ0v) is 10.1. The molecule has 1 aliphatic heterocycles. The first kappa shape index (κ1) is 12.3. The lowest BCUT2D eigenvalue weighted by Gasteiger charge is -2.07. The highest BCUT2D eigenvalue weighted by Crippen LogP contribution is 2.09. The molecule has 0 saturated carbocycles. The quantitative estimate of drug-likeness (QED) is 0.602. The number of carbonyl (C=O) groups is 2. The third-order valence-corrected chi connectivity index (χ3v) is 2.82. The molecule has 1 atom stereocenters. The first-order valence-corrected chi connectivity index (χ1v) is 5.76. The van der Waals surface area contributed by atoms with Gasteiger partial charge in [-0.05, 0) is 12.1 Å². The molecule has 1 fully saturated rings. The van der Waals surface area contributed by atoms with Crippen LogP contribution >= 0.6 is 0 Å². The minimum absolute atomic E-state index is 0.145. The summed E-state index contributed by atoms with van der Waals surface area (Å²) in [5.41, 5.74) is 0.935. The molecule has 92 valence electrons. The fourth-order valence-corrected chi connectivity index (χ4v) is 1.76. The molecule has 2 amide bonds. The molecule has 0 aromatic heterocycles. The van der Waals surface area contributed by atoms with Gasteiger partial charge in [-0.3, -0.25) is 19.8 Å². The number of hydrogen-bond acceptors (Lipinski definition) is 3. The van der Waals surface area contributed by atoms with E-state index in [0.29, 0.717) is 6.54 Å². The van der Waals surface area contributed by atoms with Crippen molar-refractivity contribution in [2.24, 2.45) is 0 Å². The Labute approximate surface area is 106 Å². The Morgan fingerprint density at radius 3 is 2.67 bits per heavy atom. The van der Waals surface area contributed by atoms with Crippen LogP contribution in [0.15, 0.2) is 30.3 Å². The number of amides is 2. The van der Waals surface area contributed by atoms with Crippen molar-refractivity contribution in [2.75, 3.05) is 13.6 Å². The monoisotopic (exact) mass is 242 g/mol. The van der Waals surface area contributed by atoms with Crippen LogP contribution in [0, 0.1) is 11.8 Å². The van der Waals surface area contributed by atoms with Gasteiger partial charge in [-0.25, -0.2) is 0 Å². The van der Waals surface area contributed by atoms with E-state index in [2.05, 4.69) is 17.2 Å². The fourth-order valence-electron chi connectivity index (χ4n) is 1.76. The highest BCUT2D eigenvalue weighted by atomic mass is 16.2. The van der Waals surface area contributed by atoms with E-state index in [1.54, 1.807) is 0 Å². The van der Waals surface area contributed by atoms with Crippen molar-refractivity contribution in [2.45, 2.75) is 12.5 Å². The van der Waals surface area contributed by atoms with E-state index in [4.69, 9.17) is 0 Å². The molecule has 4 heteroatoms. The molecule has 1 aromatic rings. The fraction of sp³-hybridized carbons (Fsp3) is 0.286. The van der Waals surface area contributed by atoms with Crippen molar-refractivity contribution in [3.8, 4) is 11.8 Å². The van der Waals surface area contributed by atoms with Gasteiger partial charge in [0.05, 0.1) is 19.0 Å². The number of carbonyl (C=O) groups excluding carboxylic acids is 2. The summed E-state index contributed by atoms with van der Waals surface area (Å²) in [7, 11) is 1.50. The van der Waals surface area contributed by atoms with Crippen LogP contribution in [-0.2, 0) is 9.59 Å². The SMILES string of the molecule is CN1C(=O)CC(NCC#Cc2ccccc2)C1=O. The van der Waals surface area contributed by atoms with Gasteiger partial charge >= 0.3 is 0 Å². The van der Waals surface area contributed by atoms with Crippen LogP contribution in [0.1, 0.15) is 12.0 Å². The van der Waals surface area contributed by atoms with Crippen LogP contribution in [0.5, 0.6) is 0 Å². The lowest BCUT2D eigenvalue weighted by Crippen LogP contribution is -2.37. The second-order valence-corrected chi connectivity index (χ2v) is 4.10. The number of hydrogen-bond donors (Lipinski definition) is 1. The summed E-state index contributed by atoms with van der Waals surface area (Å²) in [6, 6.07) is 9.20. The van der Waals surface area contributed by atoms with Gasteiger partial charge in [-0.15, -0.1) is 0 Å². The number of likely N-dealkylation sites (N-methyl/N-ethyl adjacent to an activating group) is 1. The van der Waals surface area contributed by atoms with Gasteiger partial charge in [0.1, 0.15) is 0 Å². The van der Waals surface area contributed by atoms with E-state index in [1.807, 2.05) is 30.3 Å². The number of nitrogens with one attached hydrogen (secondary N) is 1. The second kappa shape index (κ2) is 5.48. The van der Waals surface area contributed by atoms with Gasteiger partial charge in [0.2, 0.25) is 11.8 Å². The summed E-state index contributed by atoms with van der Waals surface area (Å²) in [5, 5.41) is 2.98. The highest BCUT2D eigenvalue weighted by Gasteiger charge is 2.35. The average Bonchev–Trinajstić information content (AvgIpc) is 2.64. The Morgan fingerprint density at radius 2 is 2.06 bits per heavy atom. The first-order valence-electron chi connectivity index (χ1n) is 5.76. The maximum absolute atomic E-state index is 11.6. The molecule has 1 aliphatic rings. The Kier molecular flexibility index (Phi) is 3.75. The normalized spacial score (nSPS) is 18.7. The van der Waals surface area contributed by atoms with Crippen LogP contribution in [0.3, 0.4) is 0 Å². The molecule has 1 N–H and O–H groups in total. The molecule has 0 spiro atoms. The number of rotatable bonds is 2. The van der Waals surface area contributed by atoms with E-state index in [1.165, 1.54) is 7.05 Å². The Morgan fingerprint density at radius 1 is 1.33 bits per heavy atom. The molecule has 4 nitrogen and oxygen atoms in total. The summed E-state index contributed by atoms with van der Waals surface area (Å²) in [6.07, 6.45) is 0.225. The van der Waals surface area contributed by atoms with Crippen molar-refractivity contribution in [1.29, 1.82) is 0 Å². The summed E-state index contributed by atoms with van der Waals surface area (Å²) >= 11 is 0. The second-order valence-electron chi connectivity index (χ2n) is 4.10. The molecular formula is C14H14N2O2. The Bertz CT molecular complexity index is 514. The molecule has 0 bridgehead atoms. The van der Waals surface area contributed by atoms with Crippen LogP contribution in [0.25, 0.3) is 0 Å². The molecule has 0 radical (unpaired) electrons. The summed E-state index contributed by atoms with van der Waals surface area (Å²) < 4.78 is 0. The summed E-state index contributed by atoms with van der Waals surface area (Å²) in [5.74, 6) is 5.60. The standard InChI is InChI=1S/C14H14N2O2/c1-16-13(17)10-12(14(16)18)15-9-5-8-11-6-3-2-4-7-11/h2-4,6-7,12,15H,9-10H2,1H3. The smallest absolute Gasteiger partial charge is 0.246 e. The zero-order valence-electron chi connectivity index (χ0n) is 10.1. The summed E-state index contributed by atoms with van der Waals surface area (Å²) in [4.78, 5) is 24.0. The molecule has 1 heterocycles. The minimum Gasteiger partial charge on any atom is -0.295 e. The van der Waals surface area contributed by atoms with Crippen molar-refractivity contribution in [3.63, 3.8) is 0 Å². The average molecular weight is 242 g/mol. The molecule has 2 rings (SSSR count). The molecule has 1 unspecified atom stereocenters. The lowest BCUT2D eigenvalue weighted by atomic mass is 10.2. The molecule has 0 aliphatic carbocycles. The predicted octanol–water partition coefficient (Wildman–Crippen LogP) is 0.385. The van der Waals surface area contributed by atoms with Gasteiger partial charge in [-0.2, -0.15) is 0 Å². The van der Waals surface area contributed by atoms with Gasteiger partial charge < -0.3 is 0 Å². The number of likely N-dealkylation sites (tertiary alicyclic amines) is 1. The van der Waals surface area contributed by atoms with Crippen LogP contribution in [0.2, 0.25) is 0 Å². The maximum atomic E-state index is 11.6. The first-order chi connectivity index (χ1) is 8.68.